The first-order chi connectivity index (χ1) is 4.79. The monoisotopic (exact) mass is 196 g/mol. The Balaban J connectivity index is 0.000001000. The zero-order valence-corrected chi connectivity index (χ0v) is 9.65. The molecule has 0 N–H and O–H groups in total. The quantitative estimate of drug-likeness (QED) is 0.331. The van der Waals surface area contributed by atoms with E-state index in [-0.39, 0.29) is 29.6 Å². The van der Waals surface area contributed by atoms with Crippen molar-refractivity contribution in [3.05, 3.63) is 30.3 Å². The first-order valence-corrected chi connectivity index (χ1v) is 5.02. The average Bonchev–Trinajstić information content (AvgIpc) is 1.88. The van der Waals surface area contributed by atoms with Crippen LogP contribution in [0.25, 0.3) is 0 Å². The molecule has 0 heterocycles. The van der Waals surface area contributed by atoms with Crippen molar-refractivity contribution in [1.29, 1.82) is 0 Å². The molecule has 0 aliphatic carbocycles. The molecular formula is C6H5NaO2S2. The van der Waals surface area contributed by atoms with E-state index >= 15 is 0 Å². The Morgan fingerprint density at radius 1 is 1.27 bits per heavy atom. The molecule has 0 amide bonds. The Kier molecular flexibility index (Phi) is 6.61. The fraction of sp³-hybridized carbons (Fsp3) is 0. The van der Waals surface area contributed by atoms with Crippen molar-refractivity contribution in [2.75, 3.05) is 0 Å². The minimum Gasteiger partial charge on any atom is -0.763 e. The van der Waals surface area contributed by atoms with Gasteiger partial charge in [0.2, 0.25) is 0 Å². The summed E-state index contributed by atoms with van der Waals surface area (Å²) in [4.78, 5) is 0.746. The van der Waals surface area contributed by atoms with Gasteiger partial charge in [0.05, 0.1) is 0 Å². The summed E-state index contributed by atoms with van der Waals surface area (Å²) in [5.41, 5.74) is 0. The van der Waals surface area contributed by atoms with Crippen LogP contribution in [0.1, 0.15) is 0 Å². The minimum atomic E-state index is -2.05. The van der Waals surface area contributed by atoms with Crippen molar-refractivity contribution >= 4 is 20.9 Å². The average molecular weight is 196 g/mol. The maximum atomic E-state index is 10.1. The van der Waals surface area contributed by atoms with Crippen LogP contribution >= 0.6 is 10.8 Å². The van der Waals surface area contributed by atoms with Gasteiger partial charge in [-0.25, -0.2) is 0 Å². The molecule has 0 radical (unpaired) electrons. The fourth-order valence-electron chi connectivity index (χ4n) is 0.555. The molecule has 0 aliphatic heterocycles. The van der Waals surface area contributed by atoms with Crippen molar-refractivity contribution < 1.29 is 38.3 Å². The standard InChI is InChI=1S/C6H6O2S2.Na/c7-10(8)9-6-4-2-1-3-5-6;/h1-5H,(H,7,8);/q;+1/p-1. The van der Waals surface area contributed by atoms with Gasteiger partial charge >= 0.3 is 29.6 Å². The topological polar surface area (TPSA) is 40.1 Å². The van der Waals surface area contributed by atoms with Crippen LogP contribution in [0.4, 0.5) is 0 Å². The number of rotatable bonds is 2. The zero-order chi connectivity index (χ0) is 7.40. The fourth-order valence-corrected chi connectivity index (χ4v) is 1.78. The largest absolute Gasteiger partial charge is 1.00 e. The van der Waals surface area contributed by atoms with Crippen LogP contribution < -0.4 is 29.6 Å². The van der Waals surface area contributed by atoms with Gasteiger partial charge in [-0.3, -0.25) is 4.21 Å². The number of hydrogen-bond donors (Lipinski definition) is 0. The smallest absolute Gasteiger partial charge is 0.763 e. The van der Waals surface area contributed by atoms with Crippen LogP contribution in [0, 0.1) is 0 Å². The van der Waals surface area contributed by atoms with Crippen LogP contribution in [0.3, 0.4) is 0 Å². The van der Waals surface area contributed by atoms with E-state index in [1.165, 1.54) is 0 Å². The molecule has 11 heavy (non-hydrogen) atoms. The van der Waals surface area contributed by atoms with Gasteiger partial charge in [0, 0.05) is 15.0 Å². The summed E-state index contributed by atoms with van der Waals surface area (Å²) < 4.78 is 20.3. The summed E-state index contributed by atoms with van der Waals surface area (Å²) in [6.07, 6.45) is 0. The Morgan fingerprint density at radius 2 is 1.82 bits per heavy atom. The molecule has 1 rings (SSSR count). The number of benzene rings is 1. The molecule has 0 fully saturated rings. The summed E-state index contributed by atoms with van der Waals surface area (Å²) in [7, 11) is -1.23. The SMILES string of the molecule is O=S([O-])Sc1ccccc1.[Na+]. The van der Waals surface area contributed by atoms with E-state index in [1.54, 1.807) is 24.3 Å². The van der Waals surface area contributed by atoms with Gasteiger partial charge in [0.25, 0.3) is 0 Å². The summed E-state index contributed by atoms with van der Waals surface area (Å²) in [5.74, 6) is 0. The molecule has 0 saturated carbocycles. The second-order valence-electron chi connectivity index (χ2n) is 1.60. The van der Waals surface area contributed by atoms with Crippen molar-refractivity contribution in [1.82, 2.24) is 0 Å². The maximum absolute atomic E-state index is 10.1. The molecule has 1 aromatic rings. The van der Waals surface area contributed by atoms with Gasteiger partial charge in [-0.2, -0.15) is 0 Å². The van der Waals surface area contributed by atoms with Gasteiger partial charge in [-0.1, -0.05) is 18.2 Å². The summed E-state index contributed by atoms with van der Waals surface area (Å²) in [5, 5.41) is 0. The third kappa shape index (κ3) is 5.00. The molecule has 5 heteroatoms. The van der Waals surface area contributed by atoms with Gasteiger partial charge in [0.15, 0.2) is 0 Å². The Bertz CT molecular complexity index is 227. The van der Waals surface area contributed by atoms with E-state index in [1.807, 2.05) is 6.07 Å². The summed E-state index contributed by atoms with van der Waals surface area (Å²) >= 11 is 0. The molecule has 1 unspecified atom stereocenters. The Morgan fingerprint density at radius 3 is 2.27 bits per heavy atom. The molecule has 0 bridgehead atoms. The Labute approximate surface area is 93.7 Å². The van der Waals surface area contributed by atoms with Crippen molar-refractivity contribution in [3.63, 3.8) is 0 Å². The normalized spacial score (nSPS) is 11.7. The second-order valence-corrected chi connectivity index (χ2v) is 3.96. The van der Waals surface area contributed by atoms with E-state index < -0.39 is 10.1 Å². The van der Waals surface area contributed by atoms with E-state index in [0.29, 0.717) is 0 Å². The molecular weight excluding hydrogens is 191 g/mol. The summed E-state index contributed by atoms with van der Waals surface area (Å²) in [6, 6.07) is 8.95. The van der Waals surface area contributed by atoms with E-state index in [4.69, 9.17) is 0 Å². The first kappa shape index (κ1) is 11.7. The zero-order valence-electron chi connectivity index (χ0n) is 6.02. The number of hydrogen-bond acceptors (Lipinski definition) is 3. The van der Waals surface area contributed by atoms with Crippen molar-refractivity contribution in [3.8, 4) is 0 Å². The van der Waals surface area contributed by atoms with Crippen molar-refractivity contribution in [2.24, 2.45) is 0 Å². The molecule has 1 atom stereocenters. The van der Waals surface area contributed by atoms with Crippen LogP contribution in [0.2, 0.25) is 0 Å². The van der Waals surface area contributed by atoms with Crippen LogP contribution in [0.5, 0.6) is 0 Å². The molecule has 0 spiro atoms. The van der Waals surface area contributed by atoms with E-state index in [9.17, 15) is 8.76 Å². The van der Waals surface area contributed by atoms with Gasteiger partial charge in [-0.05, 0) is 22.9 Å². The Hall–Kier alpha value is 0.680. The van der Waals surface area contributed by atoms with Gasteiger partial charge in [-0.15, -0.1) is 0 Å². The summed E-state index contributed by atoms with van der Waals surface area (Å²) in [6.45, 7) is 0. The first-order valence-electron chi connectivity index (χ1n) is 2.61. The van der Waals surface area contributed by atoms with Gasteiger partial charge in [0.1, 0.15) is 0 Å². The molecule has 0 saturated heterocycles. The predicted octanol–water partition coefficient (Wildman–Crippen LogP) is -1.42. The van der Waals surface area contributed by atoms with Crippen LogP contribution in [-0.4, -0.2) is 8.76 Å². The second kappa shape index (κ2) is 6.22. The third-order valence-corrected chi connectivity index (χ3v) is 2.49. The van der Waals surface area contributed by atoms with Crippen LogP contribution in [-0.2, 0) is 10.1 Å². The van der Waals surface area contributed by atoms with Gasteiger partial charge < -0.3 is 4.55 Å². The molecule has 1 aromatic carbocycles. The van der Waals surface area contributed by atoms with Crippen LogP contribution in [0.15, 0.2) is 35.2 Å². The van der Waals surface area contributed by atoms with Crippen molar-refractivity contribution in [2.45, 2.75) is 4.90 Å². The van der Waals surface area contributed by atoms with E-state index in [0.717, 1.165) is 15.7 Å². The van der Waals surface area contributed by atoms with E-state index in [2.05, 4.69) is 0 Å². The minimum absolute atomic E-state index is 0. The predicted molar refractivity (Wildman–Crippen MR) is 41.2 cm³/mol. The molecule has 54 valence electrons. The molecule has 0 aliphatic rings. The maximum Gasteiger partial charge on any atom is 1.00 e. The molecule has 0 aromatic heterocycles. The third-order valence-electron chi connectivity index (χ3n) is 0.907. The molecule has 2 nitrogen and oxygen atoms in total.